The summed E-state index contributed by atoms with van der Waals surface area (Å²) in [6.45, 7) is 2.84. The van der Waals surface area contributed by atoms with Crippen LogP contribution in [0.25, 0.3) is 0 Å². The molecule has 5 nitrogen and oxygen atoms in total. The van der Waals surface area contributed by atoms with Crippen molar-refractivity contribution < 1.29 is 16.8 Å². The summed E-state index contributed by atoms with van der Waals surface area (Å²) in [5.74, 6) is -0.507. The van der Waals surface area contributed by atoms with E-state index in [9.17, 15) is 16.8 Å². The zero-order valence-electron chi connectivity index (χ0n) is 11.1. The fraction of sp³-hybridized carbons (Fsp3) is 1.00. The fourth-order valence-corrected chi connectivity index (χ4v) is 5.90. The van der Waals surface area contributed by atoms with Crippen molar-refractivity contribution in [3.63, 3.8) is 0 Å². The zero-order chi connectivity index (χ0) is 13.8. The van der Waals surface area contributed by atoms with Crippen LogP contribution in [-0.2, 0) is 19.7 Å². The molecule has 18 heavy (non-hydrogen) atoms. The summed E-state index contributed by atoms with van der Waals surface area (Å²) in [6, 6.07) is 0.252. The molecule has 2 unspecified atom stereocenters. The van der Waals surface area contributed by atoms with E-state index in [4.69, 9.17) is 0 Å². The van der Waals surface area contributed by atoms with Gasteiger partial charge in [0.1, 0.15) is 9.84 Å². The number of nitrogens with one attached hydrogen (secondary N) is 1. The molecule has 7 heteroatoms. The summed E-state index contributed by atoms with van der Waals surface area (Å²) in [5.41, 5.74) is 0. The topological polar surface area (TPSA) is 80.3 Å². The minimum Gasteiger partial charge on any atom is -0.314 e. The van der Waals surface area contributed by atoms with Gasteiger partial charge < -0.3 is 5.32 Å². The van der Waals surface area contributed by atoms with Crippen LogP contribution >= 0.6 is 0 Å². The van der Waals surface area contributed by atoms with E-state index in [2.05, 4.69) is 5.32 Å². The molecule has 1 aliphatic carbocycles. The van der Waals surface area contributed by atoms with Crippen molar-refractivity contribution in [2.24, 2.45) is 0 Å². The Morgan fingerprint density at radius 3 is 2.33 bits per heavy atom. The molecule has 1 rings (SSSR count). The van der Waals surface area contributed by atoms with Crippen molar-refractivity contribution in [3.05, 3.63) is 0 Å². The Morgan fingerprint density at radius 2 is 1.78 bits per heavy atom. The predicted octanol–water partition coefficient (Wildman–Crippen LogP) is 0.367. The van der Waals surface area contributed by atoms with Crippen LogP contribution < -0.4 is 5.32 Å². The SMILES string of the molecule is CCNC1CCCC(S(=O)(=O)CCS(C)(=O)=O)C1. The molecule has 0 heterocycles. The molecule has 2 atom stereocenters. The molecule has 0 amide bonds. The first-order valence-corrected chi connectivity index (χ1v) is 10.1. The second-order valence-electron chi connectivity index (χ2n) is 5.04. The average Bonchev–Trinajstić information content (AvgIpc) is 2.27. The summed E-state index contributed by atoms with van der Waals surface area (Å²) >= 11 is 0. The van der Waals surface area contributed by atoms with Crippen LogP contribution in [0.15, 0.2) is 0 Å². The van der Waals surface area contributed by atoms with Crippen LogP contribution in [0.2, 0.25) is 0 Å². The number of sulfone groups is 2. The van der Waals surface area contributed by atoms with E-state index >= 15 is 0 Å². The van der Waals surface area contributed by atoms with Crippen molar-refractivity contribution in [1.82, 2.24) is 5.32 Å². The van der Waals surface area contributed by atoms with Gasteiger partial charge in [0.15, 0.2) is 9.84 Å². The maximum atomic E-state index is 12.1. The molecule has 0 aromatic rings. The summed E-state index contributed by atoms with van der Waals surface area (Å²) in [7, 11) is -6.50. The molecular weight excluding hydrogens is 274 g/mol. The van der Waals surface area contributed by atoms with E-state index in [0.717, 1.165) is 25.6 Å². The fourth-order valence-electron chi connectivity index (χ4n) is 2.38. The van der Waals surface area contributed by atoms with E-state index in [1.54, 1.807) is 0 Å². The van der Waals surface area contributed by atoms with Gasteiger partial charge in [-0.25, -0.2) is 16.8 Å². The Labute approximate surface area is 110 Å². The van der Waals surface area contributed by atoms with Gasteiger partial charge in [0, 0.05) is 12.3 Å². The maximum absolute atomic E-state index is 12.1. The maximum Gasteiger partial charge on any atom is 0.154 e. The molecule has 0 saturated heterocycles. The minimum absolute atomic E-state index is 0.241. The van der Waals surface area contributed by atoms with E-state index in [1.807, 2.05) is 6.92 Å². The monoisotopic (exact) mass is 297 g/mol. The lowest BCUT2D eigenvalue weighted by Gasteiger charge is -2.29. The van der Waals surface area contributed by atoms with E-state index < -0.39 is 19.7 Å². The Morgan fingerprint density at radius 1 is 1.11 bits per heavy atom. The Balaban J connectivity index is 2.61. The molecule has 108 valence electrons. The summed E-state index contributed by atoms with van der Waals surface area (Å²) < 4.78 is 46.3. The molecule has 1 aliphatic rings. The third kappa shape index (κ3) is 5.24. The molecule has 0 aromatic carbocycles. The van der Waals surface area contributed by atoms with Gasteiger partial charge in [-0.2, -0.15) is 0 Å². The quantitative estimate of drug-likeness (QED) is 0.766. The molecule has 0 aliphatic heterocycles. The molecule has 0 radical (unpaired) electrons. The zero-order valence-corrected chi connectivity index (χ0v) is 12.7. The molecule has 1 fully saturated rings. The van der Waals surface area contributed by atoms with Crippen LogP contribution in [-0.4, -0.2) is 52.4 Å². The van der Waals surface area contributed by atoms with Crippen molar-refractivity contribution in [3.8, 4) is 0 Å². The van der Waals surface area contributed by atoms with Crippen molar-refractivity contribution in [1.29, 1.82) is 0 Å². The average molecular weight is 297 g/mol. The third-order valence-electron chi connectivity index (χ3n) is 3.37. The van der Waals surface area contributed by atoms with Crippen molar-refractivity contribution in [2.45, 2.75) is 43.9 Å². The molecule has 1 N–H and O–H groups in total. The summed E-state index contributed by atoms with van der Waals surface area (Å²) in [4.78, 5) is 0. The number of hydrogen-bond donors (Lipinski definition) is 1. The smallest absolute Gasteiger partial charge is 0.154 e. The van der Waals surface area contributed by atoms with Crippen LogP contribution in [0, 0.1) is 0 Å². The highest BCUT2D eigenvalue weighted by Gasteiger charge is 2.31. The Hall–Kier alpha value is -0.140. The largest absolute Gasteiger partial charge is 0.314 e. The van der Waals surface area contributed by atoms with Crippen LogP contribution in [0.5, 0.6) is 0 Å². The van der Waals surface area contributed by atoms with E-state index in [-0.39, 0.29) is 22.8 Å². The van der Waals surface area contributed by atoms with Gasteiger partial charge in [-0.15, -0.1) is 0 Å². The second kappa shape index (κ2) is 6.34. The first-order valence-electron chi connectivity index (χ1n) is 6.37. The van der Waals surface area contributed by atoms with Gasteiger partial charge in [0.2, 0.25) is 0 Å². The second-order valence-corrected chi connectivity index (χ2v) is 9.70. The highest BCUT2D eigenvalue weighted by molar-refractivity contribution is 7.95. The van der Waals surface area contributed by atoms with Crippen LogP contribution in [0.3, 0.4) is 0 Å². The van der Waals surface area contributed by atoms with Crippen molar-refractivity contribution >= 4 is 19.7 Å². The van der Waals surface area contributed by atoms with Crippen molar-refractivity contribution in [2.75, 3.05) is 24.3 Å². The lowest BCUT2D eigenvalue weighted by atomic mass is 9.95. The van der Waals surface area contributed by atoms with Gasteiger partial charge in [-0.05, 0) is 25.8 Å². The molecule has 1 saturated carbocycles. The van der Waals surface area contributed by atoms with Crippen LogP contribution in [0.4, 0.5) is 0 Å². The van der Waals surface area contributed by atoms with E-state index in [1.165, 1.54) is 0 Å². The molecular formula is C11H23NO4S2. The lowest BCUT2D eigenvalue weighted by Crippen LogP contribution is -2.40. The van der Waals surface area contributed by atoms with Gasteiger partial charge in [-0.3, -0.25) is 0 Å². The highest BCUT2D eigenvalue weighted by atomic mass is 32.2. The van der Waals surface area contributed by atoms with E-state index in [0.29, 0.717) is 12.8 Å². The summed E-state index contributed by atoms with van der Waals surface area (Å²) in [6.07, 6.45) is 4.24. The molecule has 0 aromatic heterocycles. The molecule has 0 bridgehead atoms. The molecule has 0 spiro atoms. The normalized spacial score (nSPS) is 26.1. The Kier molecular flexibility index (Phi) is 5.61. The van der Waals surface area contributed by atoms with Gasteiger partial charge in [0.05, 0.1) is 16.8 Å². The summed E-state index contributed by atoms with van der Waals surface area (Å²) in [5, 5.41) is 2.90. The standard InChI is InChI=1S/C11H23NO4S2/c1-3-12-10-5-4-6-11(9-10)18(15,16)8-7-17(2,13)14/h10-12H,3-9H2,1-2H3. The van der Waals surface area contributed by atoms with Gasteiger partial charge in [-0.1, -0.05) is 13.3 Å². The van der Waals surface area contributed by atoms with Crippen LogP contribution in [0.1, 0.15) is 32.6 Å². The number of hydrogen-bond acceptors (Lipinski definition) is 5. The van der Waals surface area contributed by atoms with Gasteiger partial charge >= 0.3 is 0 Å². The Bertz CT molecular complexity index is 453. The third-order valence-corrected chi connectivity index (χ3v) is 6.79. The first kappa shape index (κ1) is 15.9. The predicted molar refractivity (Wildman–Crippen MR) is 73.2 cm³/mol. The first-order chi connectivity index (χ1) is 8.24. The number of rotatable bonds is 6. The minimum atomic E-state index is -3.29. The highest BCUT2D eigenvalue weighted by Crippen LogP contribution is 2.25. The lowest BCUT2D eigenvalue weighted by molar-refractivity contribution is 0.377. The van der Waals surface area contributed by atoms with Gasteiger partial charge in [0.25, 0.3) is 0 Å².